The Hall–Kier alpha value is -1.35. The van der Waals surface area contributed by atoms with Gasteiger partial charge in [-0.3, -0.25) is 9.79 Å². The van der Waals surface area contributed by atoms with E-state index in [4.69, 9.17) is 4.74 Å². The van der Waals surface area contributed by atoms with Crippen LogP contribution in [0.5, 0.6) is 0 Å². The second kappa shape index (κ2) is 13.0. The molecule has 0 radical (unpaired) electrons. The van der Waals surface area contributed by atoms with Crippen LogP contribution in [-0.2, 0) is 22.5 Å². The van der Waals surface area contributed by atoms with Crippen molar-refractivity contribution < 1.29 is 9.53 Å². The van der Waals surface area contributed by atoms with E-state index in [9.17, 15) is 4.79 Å². The number of hydrogen-bond acceptors (Lipinski definition) is 3. The number of guanidine groups is 1. The Kier molecular flexibility index (Phi) is 11.4. The number of fused-ring (bicyclic) bond motifs is 1. The SMILES string of the molecule is CCOC(CCNC(=NC)NCC(=O)N1CCc2ccccc2C1)C(C)C.I. The summed E-state index contributed by atoms with van der Waals surface area (Å²) in [6.45, 7) is 9.55. The Bertz CT molecular complexity index is 637. The first-order chi connectivity index (χ1) is 13.0. The second-order valence-corrected chi connectivity index (χ2v) is 7.21. The molecule has 2 N–H and O–H groups in total. The predicted octanol–water partition coefficient (Wildman–Crippen LogP) is 2.81. The number of amides is 1. The number of rotatable bonds is 8. The highest BCUT2D eigenvalue weighted by molar-refractivity contribution is 14.0. The summed E-state index contributed by atoms with van der Waals surface area (Å²) < 4.78 is 5.76. The van der Waals surface area contributed by atoms with Gasteiger partial charge in [-0.2, -0.15) is 0 Å². The third-order valence-corrected chi connectivity index (χ3v) is 4.96. The number of halogens is 1. The Morgan fingerprint density at radius 3 is 2.61 bits per heavy atom. The maximum atomic E-state index is 12.5. The van der Waals surface area contributed by atoms with Crippen molar-refractivity contribution in [3.63, 3.8) is 0 Å². The van der Waals surface area contributed by atoms with Crippen LogP contribution in [0.4, 0.5) is 0 Å². The van der Waals surface area contributed by atoms with Crippen molar-refractivity contribution in [1.82, 2.24) is 15.5 Å². The number of ether oxygens (including phenoxy) is 1. The lowest BCUT2D eigenvalue weighted by Crippen LogP contribution is -2.46. The normalized spacial score (nSPS) is 14.9. The van der Waals surface area contributed by atoms with Gasteiger partial charge in [-0.05, 0) is 36.8 Å². The molecule has 0 fully saturated rings. The maximum absolute atomic E-state index is 12.5. The lowest BCUT2D eigenvalue weighted by Gasteiger charge is -2.29. The van der Waals surface area contributed by atoms with E-state index < -0.39 is 0 Å². The second-order valence-electron chi connectivity index (χ2n) is 7.21. The molecule has 0 aliphatic carbocycles. The summed E-state index contributed by atoms with van der Waals surface area (Å²) in [5, 5.41) is 6.41. The number of carbonyl (C=O) groups is 1. The van der Waals surface area contributed by atoms with Crippen LogP contribution < -0.4 is 10.6 Å². The molecular weight excluding hydrogens is 467 g/mol. The quantitative estimate of drug-likeness (QED) is 0.326. The average Bonchev–Trinajstić information content (AvgIpc) is 2.68. The van der Waals surface area contributed by atoms with Crippen LogP contribution in [0.1, 0.15) is 38.3 Å². The third kappa shape index (κ3) is 7.58. The van der Waals surface area contributed by atoms with Crippen LogP contribution in [-0.4, -0.2) is 56.2 Å². The molecule has 1 heterocycles. The number of carbonyl (C=O) groups excluding carboxylic acids is 1. The zero-order valence-corrected chi connectivity index (χ0v) is 19.9. The fraction of sp³-hybridized carbons (Fsp3) is 0.619. The van der Waals surface area contributed by atoms with Crippen LogP contribution in [0, 0.1) is 5.92 Å². The van der Waals surface area contributed by atoms with Gasteiger partial charge >= 0.3 is 0 Å². The van der Waals surface area contributed by atoms with Gasteiger partial charge in [0.1, 0.15) is 0 Å². The third-order valence-electron chi connectivity index (χ3n) is 4.96. The van der Waals surface area contributed by atoms with Crippen LogP contribution in [0.25, 0.3) is 0 Å². The van der Waals surface area contributed by atoms with Gasteiger partial charge in [-0.15, -0.1) is 24.0 Å². The van der Waals surface area contributed by atoms with Crippen LogP contribution in [0.2, 0.25) is 0 Å². The number of nitrogens with one attached hydrogen (secondary N) is 2. The first-order valence-corrected chi connectivity index (χ1v) is 9.95. The van der Waals surface area contributed by atoms with Crippen molar-refractivity contribution in [3.05, 3.63) is 35.4 Å². The highest BCUT2D eigenvalue weighted by Gasteiger charge is 2.20. The fourth-order valence-electron chi connectivity index (χ4n) is 3.36. The molecule has 0 aromatic heterocycles. The molecular formula is C21H35IN4O2. The van der Waals surface area contributed by atoms with E-state index in [1.165, 1.54) is 11.1 Å². The minimum Gasteiger partial charge on any atom is -0.378 e. The van der Waals surface area contributed by atoms with E-state index in [0.717, 1.165) is 32.5 Å². The van der Waals surface area contributed by atoms with Crippen molar-refractivity contribution in [1.29, 1.82) is 0 Å². The van der Waals surface area contributed by atoms with Gasteiger partial charge in [0.15, 0.2) is 5.96 Å². The van der Waals surface area contributed by atoms with Crippen molar-refractivity contribution in [2.24, 2.45) is 10.9 Å². The zero-order chi connectivity index (χ0) is 19.6. The monoisotopic (exact) mass is 502 g/mol. The largest absolute Gasteiger partial charge is 0.378 e. The van der Waals surface area contributed by atoms with E-state index in [-0.39, 0.29) is 42.5 Å². The molecule has 0 bridgehead atoms. The lowest BCUT2D eigenvalue weighted by molar-refractivity contribution is -0.130. The minimum absolute atomic E-state index is 0. The molecule has 1 amide bonds. The highest BCUT2D eigenvalue weighted by atomic mass is 127. The summed E-state index contributed by atoms with van der Waals surface area (Å²) in [5.74, 6) is 1.23. The molecule has 1 aliphatic heterocycles. The Balaban J connectivity index is 0.00000392. The highest BCUT2D eigenvalue weighted by Crippen LogP contribution is 2.18. The summed E-state index contributed by atoms with van der Waals surface area (Å²) >= 11 is 0. The molecule has 1 atom stereocenters. The van der Waals surface area contributed by atoms with E-state index in [1.54, 1.807) is 7.05 Å². The maximum Gasteiger partial charge on any atom is 0.242 e. The molecule has 2 rings (SSSR count). The number of nitrogens with zero attached hydrogens (tertiary/aromatic N) is 2. The molecule has 1 aromatic rings. The molecule has 0 saturated carbocycles. The van der Waals surface area contributed by atoms with Gasteiger partial charge in [0.05, 0.1) is 12.6 Å². The Morgan fingerprint density at radius 1 is 1.25 bits per heavy atom. The summed E-state index contributed by atoms with van der Waals surface area (Å²) in [4.78, 5) is 18.7. The van der Waals surface area contributed by atoms with Gasteiger partial charge in [0.2, 0.25) is 5.91 Å². The molecule has 7 heteroatoms. The van der Waals surface area contributed by atoms with E-state index in [1.807, 2.05) is 17.9 Å². The Labute approximate surface area is 186 Å². The van der Waals surface area contributed by atoms with E-state index in [0.29, 0.717) is 18.4 Å². The lowest BCUT2D eigenvalue weighted by atomic mass is 10.00. The standard InChI is InChI=1S/C21H34N4O2.HI/c1-5-27-19(16(2)3)10-12-23-21(22-4)24-14-20(26)25-13-11-17-8-6-7-9-18(17)15-25;/h6-9,16,19H,5,10-15H2,1-4H3,(H2,22,23,24);1H. The number of benzene rings is 1. The molecule has 1 aliphatic rings. The Morgan fingerprint density at radius 2 is 1.96 bits per heavy atom. The molecule has 0 saturated heterocycles. The summed E-state index contributed by atoms with van der Waals surface area (Å²) in [5.41, 5.74) is 2.59. The molecule has 158 valence electrons. The van der Waals surface area contributed by atoms with Gasteiger partial charge in [-0.1, -0.05) is 38.1 Å². The molecule has 28 heavy (non-hydrogen) atoms. The molecule has 1 aromatic carbocycles. The zero-order valence-electron chi connectivity index (χ0n) is 17.5. The van der Waals surface area contributed by atoms with Crippen LogP contribution >= 0.6 is 24.0 Å². The van der Waals surface area contributed by atoms with Gasteiger partial charge in [-0.25, -0.2) is 0 Å². The fourth-order valence-corrected chi connectivity index (χ4v) is 3.36. The van der Waals surface area contributed by atoms with Crippen molar-refractivity contribution in [2.75, 3.05) is 33.3 Å². The van der Waals surface area contributed by atoms with Crippen LogP contribution in [0.15, 0.2) is 29.3 Å². The van der Waals surface area contributed by atoms with E-state index in [2.05, 4.69) is 47.7 Å². The smallest absolute Gasteiger partial charge is 0.242 e. The summed E-state index contributed by atoms with van der Waals surface area (Å²) in [6, 6.07) is 8.34. The van der Waals surface area contributed by atoms with Crippen molar-refractivity contribution >= 4 is 35.8 Å². The minimum atomic E-state index is 0. The van der Waals surface area contributed by atoms with E-state index >= 15 is 0 Å². The van der Waals surface area contributed by atoms with Crippen LogP contribution in [0.3, 0.4) is 0 Å². The van der Waals surface area contributed by atoms with Gasteiger partial charge in [0.25, 0.3) is 0 Å². The molecule has 6 nitrogen and oxygen atoms in total. The molecule has 0 spiro atoms. The van der Waals surface area contributed by atoms with Gasteiger partial charge in [0, 0.05) is 33.3 Å². The van der Waals surface area contributed by atoms with Crippen molar-refractivity contribution in [2.45, 2.75) is 46.3 Å². The number of aliphatic imine (C=N–C) groups is 1. The van der Waals surface area contributed by atoms with Crippen molar-refractivity contribution in [3.8, 4) is 0 Å². The van der Waals surface area contributed by atoms with Gasteiger partial charge < -0.3 is 20.3 Å². The summed E-state index contributed by atoms with van der Waals surface area (Å²) in [6.07, 6.45) is 2.06. The molecule has 1 unspecified atom stereocenters. The first kappa shape index (κ1) is 24.7. The average molecular weight is 502 g/mol. The summed E-state index contributed by atoms with van der Waals surface area (Å²) in [7, 11) is 1.72. The first-order valence-electron chi connectivity index (χ1n) is 9.95. The topological polar surface area (TPSA) is 66.0 Å². The predicted molar refractivity (Wildman–Crippen MR) is 125 cm³/mol. The number of hydrogen-bond donors (Lipinski definition) is 2.